The number of phenolic OH excluding ortho intramolecular Hbond substituents is 1. The van der Waals surface area contributed by atoms with Gasteiger partial charge in [0, 0.05) is 18.7 Å². The lowest BCUT2D eigenvalue weighted by atomic mass is 10.1. The second kappa shape index (κ2) is 9.73. The maximum atomic E-state index is 10.1. The molecule has 0 aliphatic heterocycles. The smallest absolute Gasteiger partial charge is 0.200 e. The molecule has 5 heteroatoms. The molecule has 26 heavy (non-hydrogen) atoms. The third-order valence-corrected chi connectivity index (χ3v) is 4.12. The zero-order chi connectivity index (χ0) is 18.9. The Balaban J connectivity index is 2.19. The summed E-state index contributed by atoms with van der Waals surface area (Å²) in [6.07, 6.45) is 1.74. The molecule has 0 amide bonds. The number of benzene rings is 2. The van der Waals surface area contributed by atoms with Gasteiger partial charge in [0.25, 0.3) is 0 Å². The molecular weight excluding hydrogens is 330 g/mol. The molecule has 0 bridgehead atoms. The zero-order valence-corrected chi connectivity index (χ0v) is 15.7. The second-order valence-corrected chi connectivity index (χ2v) is 5.86. The molecule has 0 radical (unpaired) electrons. The average Bonchev–Trinajstić information content (AvgIpc) is 2.67. The predicted molar refractivity (Wildman–Crippen MR) is 103 cm³/mol. The Morgan fingerprint density at radius 2 is 1.69 bits per heavy atom. The van der Waals surface area contributed by atoms with E-state index in [0.717, 1.165) is 30.0 Å². The Hall–Kier alpha value is -2.66. The van der Waals surface area contributed by atoms with Crippen LogP contribution in [0.1, 0.15) is 18.1 Å². The molecule has 0 saturated carbocycles. The van der Waals surface area contributed by atoms with Gasteiger partial charge in [-0.15, -0.1) is 0 Å². The van der Waals surface area contributed by atoms with E-state index in [1.807, 2.05) is 30.3 Å². The van der Waals surface area contributed by atoms with Crippen molar-refractivity contribution in [2.75, 3.05) is 27.4 Å². The van der Waals surface area contributed by atoms with Crippen molar-refractivity contribution >= 4 is 0 Å². The summed E-state index contributed by atoms with van der Waals surface area (Å²) in [5.74, 6) is 1.70. The molecule has 0 fully saturated rings. The van der Waals surface area contributed by atoms with Gasteiger partial charge in [-0.2, -0.15) is 0 Å². The first-order chi connectivity index (χ1) is 12.6. The maximum Gasteiger partial charge on any atom is 0.200 e. The first kappa shape index (κ1) is 19.7. The Labute approximate surface area is 155 Å². The summed E-state index contributed by atoms with van der Waals surface area (Å²) in [6, 6.07) is 11.7. The van der Waals surface area contributed by atoms with Crippen LogP contribution in [0.2, 0.25) is 0 Å². The molecule has 0 heterocycles. The van der Waals surface area contributed by atoms with Gasteiger partial charge in [-0.25, -0.2) is 0 Å². The summed E-state index contributed by atoms with van der Waals surface area (Å²) in [4.78, 5) is 2.28. The number of nitrogens with zero attached hydrogens (tertiary/aromatic N) is 1. The molecule has 5 nitrogen and oxygen atoms in total. The molecule has 0 atom stereocenters. The summed E-state index contributed by atoms with van der Waals surface area (Å²) in [7, 11) is 3.06. The quantitative estimate of drug-likeness (QED) is 0.652. The highest BCUT2D eigenvalue weighted by Gasteiger charge is 2.14. The zero-order valence-electron chi connectivity index (χ0n) is 15.7. The lowest BCUT2D eigenvalue weighted by Crippen LogP contribution is -2.22. The largest absolute Gasteiger partial charge is 0.502 e. The summed E-state index contributed by atoms with van der Waals surface area (Å²) < 4.78 is 16.2. The van der Waals surface area contributed by atoms with Gasteiger partial charge in [-0.05, 0) is 30.3 Å². The number of para-hydroxylation sites is 1. The van der Waals surface area contributed by atoms with E-state index in [0.29, 0.717) is 24.7 Å². The normalized spacial score (nSPS) is 10.6. The van der Waals surface area contributed by atoms with Gasteiger partial charge in [0.15, 0.2) is 11.5 Å². The molecule has 0 unspecified atom stereocenters. The second-order valence-electron chi connectivity index (χ2n) is 5.86. The lowest BCUT2D eigenvalue weighted by Gasteiger charge is -2.23. The average molecular weight is 357 g/mol. The monoisotopic (exact) mass is 357 g/mol. The molecule has 0 aliphatic rings. The van der Waals surface area contributed by atoms with E-state index in [-0.39, 0.29) is 5.75 Å². The van der Waals surface area contributed by atoms with Crippen LogP contribution in [-0.2, 0) is 13.1 Å². The van der Waals surface area contributed by atoms with Crippen molar-refractivity contribution in [3.8, 4) is 23.0 Å². The van der Waals surface area contributed by atoms with Crippen LogP contribution in [0.15, 0.2) is 49.1 Å². The fourth-order valence-electron chi connectivity index (χ4n) is 2.74. The van der Waals surface area contributed by atoms with Crippen molar-refractivity contribution < 1.29 is 19.3 Å². The van der Waals surface area contributed by atoms with Crippen molar-refractivity contribution in [3.05, 3.63) is 60.2 Å². The van der Waals surface area contributed by atoms with E-state index < -0.39 is 0 Å². The highest BCUT2D eigenvalue weighted by Crippen LogP contribution is 2.37. The van der Waals surface area contributed by atoms with Crippen LogP contribution in [0, 0.1) is 0 Å². The number of ether oxygens (including phenoxy) is 3. The molecule has 2 aromatic carbocycles. The lowest BCUT2D eigenvalue weighted by molar-refractivity contribution is 0.262. The standard InChI is InChI=1S/C21H27NO4/c1-5-11-26-18-10-8-7-9-17(18)15-22(6-2)14-16-12-19(24-3)21(23)20(13-16)25-4/h5,7-10,12-13,23H,1,6,11,14-15H2,2-4H3. The first-order valence-corrected chi connectivity index (χ1v) is 8.60. The van der Waals surface area contributed by atoms with Gasteiger partial charge in [0.05, 0.1) is 14.2 Å². The van der Waals surface area contributed by atoms with E-state index in [1.165, 1.54) is 14.2 Å². The molecular formula is C21H27NO4. The Morgan fingerprint density at radius 1 is 1.04 bits per heavy atom. The fraction of sp³-hybridized carbons (Fsp3) is 0.333. The number of aromatic hydroxyl groups is 1. The minimum atomic E-state index is 0.0185. The highest BCUT2D eigenvalue weighted by molar-refractivity contribution is 5.52. The molecule has 0 spiro atoms. The third-order valence-electron chi connectivity index (χ3n) is 4.12. The minimum Gasteiger partial charge on any atom is -0.502 e. The van der Waals surface area contributed by atoms with E-state index in [9.17, 15) is 5.11 Å². The summed E-state index contributed by atoms with van der Waals surface area (Å²) >= 11 is 0. The van der Waals surface area contributed by atoms with Gasteiger partial charge >= 0.3 is 0 Å². The number of rotatable bonds is 10. The molecule has 140 valence electrons. The predicted octanol–water partition coefficient (Wildman–Crippen LogP) is 4.00. The number of methoxy groups -OCH3 is 2. The Morgan fingerprint density at radius 3 is 2.27 bits per heavy atom. The summed E-state index contributed by atoms with van der Waals surface area (Å²) in [5, 5.41) is 10.1. The van der Waals surface area contributed by atoms with E-state index in [1.54, 1.807) is 6.08 Å². The van der Waals surface area contributed by atoms with Crippen LogP contribution >= 0.6 is 0 Å². The van der Waals surface area contributed by atoms with Crippen LogP contribution in [0.5, 0.6) is 23.0 Å². The number of hydrogen-bond donors (Lipinski definition) is 1. The molecule has 2 rings (SSSR count). The topological polar surface area (TPSA) is 51.2 Å². The molecule has 2 aromatic rings. The van der Waals surface area contributed by atoms with Crippen molar-refractivity contribution in [2.45, 2.75) is 20.0 Å². The molecule has 0 saturated heterocycles. The third kappa shape index (κ3) is 4.92. The van der Waals surface area contributed by atoms with Gasteiger partial charge in [0.2, 0.25) is 5.75 Å². The Kier molecular flexibility index (Phi) is 7.36. The number of hydrogen-bond acceptors (Lipinski definition) is 5. The Bertz CT molecular complexity index is 705. The van der Waals surface area contributed by atoms with Gasteiger partial charge in [-0.1, -0.05) is 37.8 Å². The van der Waals surface area contributed by atoms with Crippen LogP contribution in [0.4, 0.5) is 0 Å². The van der Waals surface area contributed by atoms with Gasteiger partial charge in [0.1, 0.15) is 12.4 Å². The highest BCUT2D eigenvalue weighted by atomic mass is 16.5. The van der Waals surface area contributed by atoms with Crippen molar-refractivity contribution in [1.82, 2.24) is 4.90 Å². The SMILES string of the molecule is C=CCOc1ccccc1CN(CC)Cc1cc(OC)c(O)c(OC)c1. The molecule has 0 aliphatic carbocycles. The molecule has 1 N–H and O–H groups in total. The van der Waals surface area contributed by atoms with E-state index >= 15 is 0 Å². The fourth-order valence-corrected chi connectivity index (χ4v) is 2.74. The van der Waals surface area contributed by atoms with E-state index in [2.05, 4.69) is 24.5 Å². The van der Waals surface area contributed by atoms with Crippen LogP contribution in [-0.4, -0.2) is 37.4 Å². The van der Waals surface area contributed by atoms with Crippen LogP contribution < -0.4 is 14.2 Å². The number of phenols is 1. The van der Waals surface area contributed by atoms with Crippen molar-refractivity contribution in [1.29, 1.82) is 0 Å². The van der Waals surface area contributed by atoms with Crippen molar-refractivity contribution in [3.63, 3.8) is 0 Å². The van der Waals surface area contributed by atoms with E-state index in [4.69, 9.17) is 14.2 Å². The van der Waals surface area contributed by atoms with Crippen LogP contribution in [0.25, 0.3) is 0 Å². The minimum absolute atomic E-state index is 0.0185. The summed E-state index contributed by atoms with van der Waals surface area (Å²) in [5.41, 5.74) is 2.12. The van der Waals surface area contributed by atoms with Gasteiger partial charge < -0.3 is 19.3 Å². The maximum absolute atomic E-state index is 10.1. The molecule has 0 aromatic heterocycles. The first-order valence-electron chi connectivity index (χ1n) is 8.60. The summed E-state index contributed by atoms with van der Waals surface area (Å²) in [6.45, 7) is 8.59. The van der Waals surface area contributed by atoms with Crippen LogP contribution in [0.3, 0.4) is 0 Å². The van der Waals surface area contributed by atoms with Crippen molar-refractivity contribution in [2.24, 2.45) is 0 Å². The van der Waals surface area contributed by atoms with Gasteiger partial charge in [-0.3, -0.25) is 4.90 Å².